The number of nitrogens with two attached hydrogens (primary N) is 1. The zero-order valence-electron chi connectivity index (χ0n) is 13.1. The largest absolute Gasteiger partial charge is 0.497 e. The van der Waals surface area contributed by atoms with Gasteiger partial charge < -0.3 is 15.2 Å². The Kier molecular flexibility index (Phi) is 5.46. The highest BCUT2D eigenvalue weighted by Crippen LogP contribution is 2.24. The molecule has 0 radical (unpaired) electrons. The Bertz CT molecular complexity index is 758. The predicted molar refractivity (Wildman–Crippen MR) is 89.3 cm³/mol. The van der Waals surface area contributed by atoms with Gasteiger partial charge in [0.15, 0.2) is 0 Å². The van der Waals surface area contributed by atoms with Crippen LogP contribution in [0.1, 0.15) is 5.56 Å². The third-order valence-corrected chi connectivity index (χ3v) is 4.83. The first-order chi connectivity index (χ1) is 11.0. The normalized spacial score (nSPS) is 11.2. The number of nitrogen functional groups attached to an aromatic ring is 1. The molecular formula is C16H20N2O4S. The average Bonchev–Trinajstić information content (AvgIpc) is 2.55. The van der Waals surface area contributed by atoms with Crippen molar-refractivity contribution in [1.82, 2.24) is 4.72 Å². The van der Waals surface area contributed by atoms with Crippen molar-refractivity contribution in [2.45, 2.75) is 11.3 Å². The molecule has 0 amide bonds. The van der Waals surface area contributed by atoms with Crippen molar-refractivity contribution in [2.24, 2.45) is 0 Å². The van der Waals surface area contributed by atoms with E-state index in [0.29, 0.717) is 18.7 Å². The van der Waals surface area contributed by atoms with Gasteiger partial charge in [0.25, 0.3) is 0 Å². The maximum absolute atomic E-state index is 12.2. The van der Waals surface area contributed by atoms with Crippen molar-refractivity contribution in [1.29, 1.82) is 0 Å². The van der Waals surface area contributed by atoms with E-state index in [4.69, 9.17) is 15.2 Å². The van der Waals surface area contributed by atoms with Crippen LogP contribution in [0.25, 0.3) is 0 Å². The molecule has 0 aliphatic carbocycles. The monoisotopic (exact) mass is 336 g/mol. The van der Waals surface area contributed by atoms with Crippen LogP contribution in [0.15, 0.2) is 47.4 Å². The van der Waals surface area contributed by atoms with E-state index in [2.05, 4.69) is 4.72 Å². The van der Waals surface area contributed by atoms with Crippen molar-refractivity contribution in [3.63, 3.8) is 0 Å². The van der Waals surface area contributed by atoms with Crippen LogP contribution in [0.2, 0.25) is 0 Å². The Labute approximate surface area is 136 Å². The maximum Gasteiger partial charge on any atom is 0.240 e. The summed E-state index contributed by atoms with van der Waals surface area (Å²) < 4.78 is 37.2. The van der Waals surface area contributed by atoms with Gasteiger partial charge in [-0.1, -0.05) is 12.1 Å². The van der Waals surface area contributed by atoms with Gasteiger partial charge in [-0.2, -0.15) is 0 Å². The highest BCUT2D eigenvalue weighted by molar-refractivity contribution is 7.89. The third-order valence-electron chi connectivity index (χ3n) is 3.38. The minimum absolute atomic E-state index is 0.116. The maximum atomic E-state index is 12.2. The lowest BCUT2D eigenvalue weighted by Gasteiger charge is -2.10. The second-order valence-corrected chi connectivity index (χ2v) is 6.67. The number of hydrogen-bond acceptors (Lipinski definition) is 5. The minimum Gasteiger partial charge on any atom is -0.497 e. The minimum atomic E-state index is -3.60. The fraction of sp³-hybridized carbons (Fsp3) is 0.250. The Balaban J connectivity index is 1.99. The summed E-state index contributed by atoms with van der Waals surface area (Å²) in [6.07, 6.45) is 0.578. The molecule has 0 bridgehead atoms. The number of benzene rings is 2. The van der Waals surface area contributed by atoms with Crippen molar-refractivity contribution in [3.8, 4) is 11.5 Å². The fourth-order valence-electron chi connectivity index (χ4n) is 2.08. The molecule has 0 atom stereocenters. The van der Waals surface area contributed by atoms with E-state index in [0.717, 1.165) is 11.3 Å². The number of hydrogen-bond donors (Lipinski definition) is 2. The zero-order chi connectivity index (χ0) is 16.9. The first-order valence-electron chi connectivity index (χ1n) is 7.02. The van der Waals surface area contributed by atoms with E-state index in [1.165, 1.54) is 25.3 Å². The highest BCUT2D eigenvalue weighted by Gasteiger charge is 2.15. The highest BCUT2D eigenvalue weighted by atomic mass is 32.2. The summed E-state index contributed by atoms with van der Waals surface area (Å²) in [5, 5.41) is 0. The molecule has 2 aromatic carbocycles. The summed E-state index contributed by atoms with van der Waals surface area (Å²) in [6.45, 7) is 0.292. The fourth-order valence-corrected chi connectivity index (χ4v) is 3.15. The molecule has 0 saturated heterocycles. The van der Waals surface area contributed by atoms with Crippen molar-refractivity contribution < 1.29 is 17.9 Å². The van der Waals surface area contributed by atoms with E-state index in [-0.39, 0.29) is 10.6 Å². The van der Waals surface area contributed by atoms with Gasteiger partial charge in [-0.15, -0.1) is 0 Å². The van der Waals surface area contributed by atoms with Crippen LogP contribution in [0.4, 0.5) is 5.69 Å². The average molecular weight is 336 g/mol. The molecule has 7 heteroatoms. The van der Waals surface area contributed by atoms with Crippen LogP contribution >= 0.6 is 0 Å². The summed E-state index contributed by atoms with van der Waals surface area (Å²) in [4.78, 5) is 0.116. The van der Waals surface area contributed by atoms with Gasteiger partial charge in [-0.25, -0.2) is 13.1 Å². The second kappa shape index (κ2) is 7.34. The van der Waals surface area contributed by atoms with Gasteiger partial charge in [-0.3, -0.25) is 0 Å². The van der Waals surface area contributed by atoms with Crippen molar-refractivity contribution >= 4 is 15.7 Å². The molecule has 2 rings (SSSR count). The lowest BCUT2D eigenvalue weighted by atomic mass is 10.1. The topological polar surface area (TPSA) is 90.6 Å². The van der Waals surface area contributed by atoms with Crippen LogP contribution in [0, 0.1) is 0 Å². The predicted octanol–water partition coefficient (Wildman–Crippen LogP) is 1.81. The number of methoxy groups -OCH3 is 2. The lowest BCUT2D eigenvalue weighted by molar-refractivity contribution is 0.414. The molecule has 6 nitrogen and oxygen atoms in total. The molecule has 0 spiro atoms. The third kappa shape index (κ3) is 4.37. The van der Waals surface area contributed by atoms with Crippen molar-refractivity contribution in [2.75, 3.05) is 26.5 Å². The zero-order valence-corrected chi connectivity index (χ0v) is 13.9. The Morgan fingerprint density at radius 1 is 1.04 bits per heavy atom. The molecule has 0 aliphatic heterocycles. The number of ether oxygens (including phenoxy) is 2. The van der Waals surface area contributed by atoms with E-state index >= 15 is 0 Å². The summed E-state index contributed by atoms with van der Waals surface area (Å²) in [6, 6.07) is 11.9. The Hall–Kier alpha value is -2.25. The van der Waals surface area contributed by atoms with Gasteiger partial charge in [-0.05, 0) is 42.3 Å². The van der Waals surface area contributed by atoms with Crippen LogP contribution in [-0.4, -0.2) is 29.2 Å². The smallest absolute Gasteiger partial charge is 0.240 e. The van der Waals surface area contributed by atoms with E-state index < -0.39 is 10.0 Å². The molecule has 0 fully saturated rings. The van der Waals surface area contributed by atoms with Crippen molar-refractivity contribution in [3.05, 3.63) is 48.0 Å². The molecule has 0 aromatic heterocycles. The second-order valence-electron chi connectivity index (χ2n) is 4.90. The molecule has 0 heterocycles. The molecule has 124 valence electrons. The molecule has 2 aromatic rings. The number of anilines is 1. The molecule has 0 aliphatic rings. The molecule has 3 N–H and O–H groups in total. The van der Waals surface area contributed by atoms with Crippen LogP contribution in [-0.2, 0) is 16.4 Å². The molecular weight excluding hydrogens is 316 g/mol. The summed E-state index contributed by atoms with van der Waals surface area (Å²) >= 11 is 0. The number of rotatable bonds is 7. The molecule has 23 heavy (non-hydrogen) atoms. The summed E-state index contributed by atoms with van der Waals surface area (Å²) in [5.74, 6) is 1.21. The van der Waals surface area contributed by atoms with E-state index in [1.54, 1.807) is 7.11 Å². The Morgan fingerprint density at radius 3 is 2.30 bits per heavy atom. The van der Waals surface area contributed by atoms with Crippen LogP contribution in [0.3, 0.4) is 0 Å². The van der Waals surface area contributed by atoms with Gasteiger partial charge in [0, 0.05) is 6.54 Å². The van der Waals surface area contributed by atoms with Gasteiger partial charge >= 0.3 is 0 Å². The van der Waals surface area contributed by atoms with E-state index in [1.807, 2.05) is 24.3 Å². The van der Waals surface area contributed by atoms with Crippen LogP contribution < -0.4 is 19.9 Å². The van der Waals surface area contributed by atoms with Gasteiger partial charge in [0.2, 0.25) is 10.0 Å². The number of nitrogens with one attached hydrogen (secondary N) is 1. The first-order valence-corrected chi connectivity index (χ1v) is 8.50. The molecule has 0 unspecified atom stereocenters. The van der Waals surface area contributed by atoms with Gasteiger partial charge in [0.05, 0.1) is 24.8 Å². The quantitative estimate of drug-likeness (QED) is 0.753. The SMILES string of the molecule is COc1ccc(CCNS(=O)(=O)c2ccc(OC)c(N)c2)cc1. The summed E-state index contributed by atoms with van der Waals surface area (Å²) in [7, 11) is -0.521. The Morgan fingerprint density at radius 2 is 1.74 bits per heavy atom. The summed E-state index contributed by atoms with van der Waals surface area (Å²) in [5.41, 5.74) is 7.05. The standard InChI is InChI=1S/C16H20N2O4S/c1-21-13-5-3-12(4-6-13)9-10-18-23(19,20)14-7-8-16(22-2)15(17)11-14/h3-8,11,18H,9-10,17H2,1-2H3. The van der Waals surface area contributed by atoms with E-state index in [9.17, 15) is 8.42 Å². The number of sulfonamides is 1. The molecule has 0 saturated carbocycles. The first kappa shape index (κ1) is 17.1. The van der Waals surface area contributed by atoms with Crippen LogP contribution in [0.5, 0.6) is 11.5 Å². The van der Waals surface area contributed by atoms with Gasteiger partial charge in [0.1, 0.15) is 11.5 Å². The lowest BCUT2D eigenvalue weighted by Crippen LogP contribution is -2.26.